The van der Waals surface area contributed by atoms with Gasteiger partial charge in [-0.1, -0.05) is 66.7 Å². The molecule has 4 heterocycles. The van der Waals surface area contributed by atoms with Gasteiger partial charge in [0.1, 0.15) is 24.1 Å². The van der Waals surface area contributed by atoms with Crippen molar-refractivity contribution in [1.29, 1.82) is 0 Å². The molecule has 1 unspecified atom stereocenters. The molecule has 0 radical (unpaired) electrons. The van der Waals surface area contributed by atoms with Gasteiger partial charge in [-0.2, -0.15) is 13.2 Å². The zero-order valence-electron chi connectivity index (χ0n) is 30.3. The lowest BCUT2D eigenvalue weighted by molar-refractivity contribution is -0.186. The fourth-order valence-corrected chi connectivity index (χ4v) is 8.51. The number of aromatic nitrogens is 4. The Morgan fingerprint density at radius 2 is 1.68 bits per heavy atom. The fraction of sp³-hybridized carbons (Fsp3) is 0.368. The Bertz CT molecular complexity index is 2270. The first-order valence-corrected chi connectivity index (χ1v) is 19.3. The quantitative estimate of drug-likeness (QED) is 0.145. The fourth-order valence-electron chi connectivity index (χ4n) is 7.28. The minimum absolute atomic E-state index is 0.00136. The topological polar surface area (TPSA) is 181 Å². The zero-order valence-corrected chi connectivity index (χ0v) is 31.2. The van der Waals surface area contributed by atoms with Crippen molar-refractivity contribution in [1.82, 2.24) is 29.1 Å². The summed E-state index contributed by atoms with van der Waals surface area (Å²) in [6, 6.07) is 22.5. The minimum Gasteiger partial charge on any atom is -0.387 e. The second kappa shape index (κ2) is 15.9. The van der Waals surface area contributed by atoms with Crippen LogP contribution in [0.25, 0.3) is 11.2 Å². The first-order chi connectivity index (χ1) is 26.8. The number of carbonyl (C=O) groups is 1. The molecule has 1 fully saturated rings. The predicted octanol–water partition coefficient (Wildman–Crippen LogP) is 3.57. The van der Waals surface area contributed by atoms with E-state index in [1.807, 2.05) is 60.7 Å². The molecule has 3 aromatic carbocycles. The summed E-state index contributed by atoms with van der Waals surface area (Å²) in [7, 11) is -2.98. The van der Waals surface area contributed by atoms with Crippen LogP contribution in [0.15, 0.2) is 84.0 Å². The Morgan fingerprint density at radius 1 is 1.00 bits per heavy atom. The first-order valence-electron chi connectivity index (χ1n) is 17.8. The van der Waals surface area contributed by atoms with E-state index in [0.29, 0.717) is 22.6 Å². The van der Waals surface area contributed by atoms with Crippen LogP contribution in [0.2, 0.25) is 0 Å². The zero-order chi connectivity index (χ0) is 39.8. The third-order valence-corrected chi connectivity index (χ3v) is 11.6. The molecule has 7 rings (SSSR count). The maximum Gasteiger partial charge on any atom is 0.471 e. The highest BCUT2D eigenvalue weighted by molar-refractivity contribution is 7.89. The van der Waals surface area contributed by atoms with E-state index < -0.39 is 59.7 Å². The molecular formula is C38H40F3N7O7S. The highest BCUT2D eigenvalue weighted by atomic mass is 32.2. The van der Waals surface area contributed by atoms with E-state index in [1.54, 1.807) is 13.0 Å². The molecule has 18 heteroatoms. The number of imidazole rings is 1. The molecule has 0 saturated carbocycles. The summed E-state index contributed by atoms with van der Waals surface area (Å²) in [5, 5.41) is 25.0. The van der Waals surface area contributed by atoms with E-state index in [0.717, 1.165) is 11.1 Å². The number of aliphatic hydroxyl groups excluding tert-OH is 2. The van der Waals surface area contributed by atoms with Gasteiger partial charge in [0.25, 0.3) is 0 Å². The number of nitrogens with zero attached hydrogens (tertiary/aromatic N) is 5. The molecule has 14 nitrogen and oxygen atoms in total. The number of ether oxygens (including phenoxy) is 2. The van der Waals surface area contributed by atoms with Gasteiger partial charge in [0, 0.05) is 32.7 Å². The Balaban J connectivity index is 1.23. The Kier molecular flexibility index (Phi) is 11.1. The molecule has 0 aliphatic carbocycles. The molecule has 4 N–H and O–H groups in total. The molecule has 0 spiro atoms. The standard InChI is InChI=1S/C38H40F3N7O7S/c1-22-13-14-29(27-19-47(16-15-25(22)27)37(51)38(39,40)41)56(52,53)44-18-30-45-34(42-17-26(23-9-5-3-6-10-23)24-11-7-4-8-12-24)31-35(46-30)48(21-43-31)36-33(50)32(49)28(55-36)20-54-2/h3-14,21,26,28,32-33,36,44,49-50H,15-20H2,1-2H3,(H,42,45,46)/t28-,32-,33-,36?/m1/s1. The van der Waals surface area contributed by atoms with Crippen LogP contribution >= 0.6 is 0 Å². The van der Waals surface area contributed by atoms with Crippen molar-refractivity contribution in [2.75, 3.05) is 32.1 Å². The van der Waals surface area contributed by atoms with Crippen LogP contribution in [0.1, 0.15) is 45.8 Å². The van der Waals surface area contributed by atoms with Crippen molar-refractivity contribution in [3.05, 3.63) is 113 Å². The van der Waals surface area contributed by atoms with Crippen molar-refractivity contribution in [3.8, 4) is 0 Å². The van der Waals surface area contributed by atoms with Gasteiger partial charge < -0.3 is 29.9 Å². The van der Waals surface area contributed by atoms with Gasteiger partial charge in [-0.15, -0.1) is 0 Å². The number of carbonyl (C=O) groups excluding carboxylic acids is 1. The van der Waals surface area contributed by atoms with E-state index >= 15 is 0 Å². The summed E-state index contributed by atoms with van der Waals surface area (Å²) in [5.74, 6) is -1.96. The van der Waals surface area contributed by atoms with Crippen LogP contribution in [0, 0.1) is 6.92 Å². The normalized spacial score (nSPS) is 20.1. The third-order valence-electron chi connectivity index (χ3n) is 10.1. The van der Waals surface area contributed by atoms with Gasteiger partial charge in [-0.3, -0.25) is 9.36 Å². The molecule has 1 saturated heterocycles. The number of halogens is 3. The van der Waals surface area contributed by atoms with Crippen molar-refractivity contribution >= 4 is 32.9 Å². The van der Waals surface area contributed by atoms with Crippen molar-refractivity contribution in [3.63, 3.8) is 0 Å². The largest absolute Gasteiger partial charge is 0.471 e. The molecule has 1 amide bonds. The maximum atomic E-state index is 13.9. The summed E-state index contributed by atoms with van der Waals surface area (Å²) in [5.41, 5.74) is 3.83. The van der Waals surface area contributed by atoms with E-state index in [9.17, 15) is 36.6 Å². The smallest absolute Gasteiger partial charge is 0.387 e. The molecule has 2 aliphatic rings. The second-order valence-electron chi connectivity index (χ2n) is 13.7. The number of benzene rings is 3. The van der Waals surface area contributed by atoms with Crippen LogP contribution in [-0.2, 0) is 43.8 Å². The average Bonchev–Trinajstić information content (AvgIpc) is 3.73. The highest BCUT2D eigenvalue weighted by Gasteiger charge is 2.45. The van der Waals surface area contributed by atoms with E-state index in [2.05, 4.69) is 25.0 Å². The highest BCUT2D eigenvalue weighted by Crippen LogP contribution is 2.34. The third kappa shape index (κ3) is 7.85. The van der Waals surface area contributed by atoms with Crippen molar-refractivity contribution in [2.45, 2.75) is 68.0 Å². The number of methoxy groups -OCH3 is 1. The molecule has 2 aromatic heterocycles. The number of nitrogens with one attached hydrogen (secondary N) is 2. The first kappa shape index (κ1) is 39.3. The summed E-state index contributed by atoms with van der Waals surface area (Å²) in [4.78, 5) is 26.3. The Hall–Kier alpha value is -4.98. The molecule has 0 bridgehead atoms. The molecule has 5 aromatic rings. The Labute approximate surface area is 320 Å². The number of hydrogen-bond acceptors (Lipinski definition) is 11. The van der Waals surface area contributed by atoms with Gasteiger partial charge in [0.15, 0.2) is 23.2 Å². The lowest BCUT2D eigenvalue weighted by Gasteiger charge is -2.31. The van der Waals surface area contributed by atoms with Gasteiger partial charge in [0.2, 0.25) is 10.0 Å². The van der Waals surface area contributed by atoms with Gasteiger partial charge in [0.05, 0.1) is 24.4 Å². The maximum absolute atomic E-state index is 13.9. The number of anilines is 1. The molecule has 56 heavy (non-hydrogen) atoms. The van der Waals surface area contributed by atoms with Gasteiger partial charge >= 0.3 is 12.1 Å². The summed E-state index contributed by atoms with van der Waals surface area (Å²) in [6.45, 7) is 0.852. The second-order valence-corrected chi connectivity index (χ2v) is 15.4. The van der Waals surface area contributed by atoms with E-state index in [4.69, 9.17) is 9.47 Å². The molecule has 4 atom stereocenters. The van der Waals surface area contributed by atoms with Gasteiger partial charge in [-0.25, -0.2) is 28.1 Å². The number of aliphatic hydroxyl groups is 2. The molecule has 2 aliphatic heterocycles. The SMILES string of the molecule is COC[C@H]1OC(n2cnc3c(NCC(c4ccccc4)c4ccccc4)nc(CNS(=O)(=O)c4ccc(C)c5c4CN(C(=O)C(F)(F)F)CC5)nc32)[C@H](O)[C@@H]1O. The Morgan fingerprint density at radius 3 is 2.32 bits per heavy atom. The number of hydrogen-bond donors (Lipinski definition) is 4. The van der Waals surface area contributed by atoms with Gasteiger partial charge in [-0.05, 0) is 47.2 Å². The van der Waals surface area contributed by atoms with Crippen LogP contribution in [0.3, 0.4) is 0 Å². The average molecular weight is 796 g/mol. The number of sulfonamides is 1. The lowest BCUT2D eigenvalue weighted by atomic mass is 9.91. The number of aryl methyl sites for hydroxylation is 1. The van der Waals surface area contributed by atoms with Crippen molar-refractivity contribution in [2.24, 2.45) is 0 Å². The predicted molar refractivity (Wildman–Crippen MR) is 197 cm³/mol. The number of alkyl halides is 3. The summed E-state index contributed by atoms with van der Waals surface area (Å²) >= 11 is 0. The number of rotatable bonds is 12. The van der Waals surface area contributed by atoms with Crippen LogP contribution in [-0.4, -0.2) is 100 Å². The monoisotopic (exact) mass is 795 g/mol. The van der Waals surface area contributed by atoms with Crippen LogP contribution in [0.4, 0.5) is 19.0 Å². The van der Waals surface area contributed by atoms with E-state index in [1.165, 1.54) is 24.1 Å². The lowest BCUT2D eigenvalue weighted by Crippen LogP contribution is -2.44. The van der Waals surface area contributed by atoms with Crippen molar-refractivity contribution < 1.29 is 46.1 Å². The van der Waals surface area contributed by atoms with Crippen LogP contribution < -0.4 is 10.0 Å². The summed E-state index contributed by atoms with van der Waals surface area (Å²) < 4.78 is 83.0. The number of fused-ring (bicyclic) bond motifs is 2. The van der Waals surface area contributed by atoms with Crippen LogP contribution in [0.5, 0.6) is 0 Å². The van der Waals surface area contributed by atoms with E-state index in [-0.39, 0.29) is 58.8 Å². The number of amides is 1. The molecular weight excluding hydrogens is 756 g/mol. The minimum atomic E-state index is -5.11. The molecule has 296 valence electrons. The summed E-state index contributed by atoms with van der Waals surface area (Å²) in [6.07, 6.45) is -8.35.